The largest absolute Gasteiger partial charge is 0.497 e. The van der Waals surface area contributed by atoms with Crippen LogP contribution in [0, 0.1) is 0 Å². The lowest BCUT2D eigenvalue weighted by Gasteiger charge is -1.98. The molecule has 0 saturated heterocycles. The molecule has 0 bridgehead atoms. The van der Waals surface area contributed by atoms with Crippen molar-refractivity contribution in [2.45, 2.75) is 20.3 Å². The molecule has 0 spiro atoms. The first-order chi connectivity index (χ1) is 5.20. The second-order valence-electron chi connectivity index (χ2n) is 2.40. The molecule has 0 radical (unpaired) electrons. The predicted molar refractivity (Wildman–Crippen MR) is 49.3 cm³/mol. The van der Waals surface area contributed by atoms with E-state index < -0.39 is 0 Å². The first kappa shape index (κ1) is 10.0. The van der Waals surface area contributed by atoms with Gasteiger partial charge in [-0.3, -0.25) is 0 Å². The quantitative estimate of drug-likeness (QED) is 0.444. The molecule has 0 atom stereocenters. The van der Waals surface area contributed by atoms with Crippen LogP contribution in [0.1, 0.15) is 20.3 Å². The Morgan fingerprint density at radius 2 is 2.09 bits per heavy atom. The van der Waals surface area contributed by atoms with Crippen LogP contribution in [-0.4, -0.2) is 7.11 Å². The van der Waals surface area contributed by atoms with Crippen LogP contribution in [0.25, 0.3) is 0 Å². The van der Waals surface area contributed by atoms with Crippen LogP contribution in [0.3, 0.4) is 0 Å². The van der Waals surface area contributed by atoms with Gasteiger partial charge in [-0.05, 0) is 25.5 Å². The fourth-order valence-electron chi connectivity index (χ4n) is 0.645. The molecule has 0 aliphatic rings. The molecule has 62 valence electrons. The molecular formula is C10H16O. The SMILES string of the molecule is C=C(C)/C=C\C(=C/CC)OC. The highest BCUT2D eigenvalue weighted by Gasteiger charge is 1.85. The first-order valence-corrected chi connectivity index (χ1v) is 3.78. The average molecular weight is 152 g/mol. The Kier molecular flexibility index (Phi) is 5.26. The minimum atomic E-state index is 0.899. The Labute approximate surface area is 69.1 Å². The maximum Gasteiger partial charge on any atom is 0.114 e. The summed E-state index contributed by atoms with van der Waals surface area (Å²) < 4.78 is 5.07. The van der Waals surface area contributed by atoms with E-state index >= 15 is 0 Å². The van der Waals surface area contributed by atoms with E-state index in [9.17, 15) is 0 Å². The maximum absolute atomic E-state index is 5.07. The molecule has 0 saturated carbocycles. The molecular weight excluding hydrogens is 136 g/mol. The van der Waals surface area contributed by atoms with Crippen LogP contribution in [0.2, 0.25) is 0 Å². The van der Waals surface area contributed by atoms with E-state index in [-0.39, 0.29) is 0 Å². The molecule has 0 aliphatic heterocycles. The fourth-order valence-corrected chi connectivity index (χ4v) is 0.645. The van der Waals surface area contributed by atoms with Gasteiger partial charge in [0.1, 0.15) is 5.76 Å². The Hall–Kier alpha value is -0.980. The summed E-state index contributed by atoms with van der Waals surface area (Å²) in [5.74, 6) is 0.899. The van der Waals surface area contributed by atoms with Gasteiger partial charge in [0.05, 0.1) is 7.11 Å². The van der Waals surface area contributed by atoms with Gasteiger partial charge >= 0.3 is 0 Å². The lowest BCUT2D eigenvalue weighted by molar-refractivity contribution is 0.305. The van der Waals surface area contributed by atoms with E-state index in [0.717, 1.165) is 17.8 Å². The van der Waals surface area contributed by atoms with Gasteiger partial charge in [0.15, 0.2) is 0 Å². The Morgan fingerprint density at radius 1 is 1.45 bits per heavy atom. The first-order valence-electron chi connectivity index (χ1n) is 3.78. The monoisotopic (exact) mass is 152 g/mol. The van der Waals surface area contributed by atoms with Crippen molar-refractivity contribution < 1.29 is 4.74 Å². The van der Waals surface area contributed by atoms with Crippen LogP contribution in [0.5, 0.6) is 0 Å². The van der Waals surface area contributed by atoms with Gasteiger partial charge in [-0.25, -0.2) is 0 Å². The highest BCUT2D eigenvalue weighted by molar-refractivity contribution is 5.21. The highest BCUT2D eigenvalue weighted by Crippen LogP contribution is 2.01. The summed E-state index contributed by atoms with van der Waals surface area (Å²) in [4.78, 5) is 0. The number of hydrogen-bond acceptors (Lipinski definition) is 1. The molecule has 0 aromatic carbocycles. The molecule has 0 heterocycles. The molecule has 1 heteroatoms. The van der Waals surface area contributed by atoms with Gasteiger partial charge in [0.2, 0.25) is 0 Å². The van der Waals surface area contributed by atoms with Crippen molar-refractivity contribution in [3.05, 3.63) is 36.1 Å². The predicted octanol–water partition coefficient (Wildman–Crippen LogP) is 3.06. The van der Waals surface area contributed by atoms with E-state index in [1.807, 2.05) is 25.2 Å². The number of methoxy groups -OCH3 is 1. The molecule has 0 unspecified atom stereocenters. The van der Waals surface area contributed by atoms with Crippen molar-refractivity contribution in [3.63, 3.8) is 0 Å². The normalized spacial score (nSPS) is 12.1. The van der Waals surface area contributed by atoms with Gasteiger partial charge < -0.3 is 4.74 Å². The van der Waals surface area contributed by atoms with Crippen molar-refractivity contribution in [2.24, 2.45) is 0 Å². The van der Waals surface area contributed by atoms with Gasteiger partial charge in [-0.1, -0.05) is 25.2 Å². The molecule has 0 aliphatic carbocycles. The van der Waals surface area contributed by atoms with Gasteiger partial charge in [-0.15, -0.1) is 0 Å². The Bertz CT molecular complexity index is 175. The summed E-state index contributed by atoms with van der Waals surface area (Å²) in [5, 5.41) is 0. The third-order valence-corrected chi connectivity index (χ3v) is 1.17. The standard InChI is InChI=1S/C10H16O/c1-5-6-10(11-4)8-7-9(2)3/h6-8H,2,5H2,1,3-4H3/b8-7-,10-6+. The second kappa shape index (κ2) is 5.78. The third kappa shape index (κ3) is 5.46. The molecule has 11 heavy (non-hydrogen) atoms. The topological polar surface area (TPSA) is 9.23 Å². The number of allylic oxidation sites excluding steroid dienone is 4. The molecule has 0 amide bonds. The number of rotatable bonds is 4. The smallest absolute Gasteiger partial charge is 0.114 e. The van der Waals surface area contributed by atoms with Crippen LogP contribution < -0.4 is 0 Å². The summed E-state index contributed by atoms with van der Waals surface area (Å²) in [7, 11) is 1.67. The molecule has 1 nitrogen and oxygen atoms in total. The van der Waals surface area contributed by atoms with Gasteiger partial charge in [0, 0.05) is 0 Å². The van der Waals surface area contributed by atoms with Crippen LogP contribution in [0.4, 0.5) is 0 Å². The lowest BCUT2D eigenvalue weighted by Crippen LogP contribution is -1.80. The summed E-state index contributed by atoms with van der Waals surface area (Å²) in [6.45, 7) is 7.78. The van der Waals surface area contributed by atoms with Crippen molar-refractivity contribution >= 4 is 0 Å². The van der Waals surface area contributed by atoms with Gasteiger partial charge in [-0.2, -0.15) is 0 Å². The van der Waals surface area contributed by atoms with Crippen LogP contribution in [0.15, 0.2) is 36.1 Å². The van der Waals surface area contributed by atoms with Crippen LogP contribution >= 0.6 is 0 Å². The highest BCUT2D eigenvalue weighted by atomic mass is 16.5. The third-order valence-electron chi connectivity index (χ3n) is 1.17. The average Bonchev–Trinajstić information content (AvgIpc) is 1.97. The van der Waals surface area contributed by atoms with Crippen LogP contribution in [-0.2, 0) is 4.74 Å². The number of ether oxygens (including phenoxy) is 1. The Morgan fingerprint density at radius 3 is 2.45 bits per heavy atom. The summed E-state index contributed by atoms with van der Waals surface area (Å²) in [6.07, 6.45) is 6.87. The van der Waals surface area contributed by atoms with Gasteiger partial charge in [0.25, 0.3) is 0 Å². The molecule has 0 N–H and O–H groups in total. The van der Waals surface area contributed by atoms with Crippen molar-refractivity contribution in [2.75, 3.05) is 7.11 Å². The van der Waals surface area contributed by atoms with E-state index in [1.165, 1.54) is 0 Å². The summed E-state index contributed by atoms with van der Waals surface area (Å²) in [5.41, 5.74) is 1.03. The van der Waals surface area contributed by atoms with E-state index in [1.54, 1.807) is 7.11 Å². The van der Waals surface area contributed by atoms with Crippen molar-refractivity contribution in [3.8, 4) is 0 Å². The molecule has 0 fully saturated rings. The molecule has 0 aromatic heterocycles. The minimum absolute atomic E-state index is 0.899. The van der Waals surface area contributed by atoms with E-state index in [4.69, 9.17) is 4.74 Å². The zero-order valence-corrected chi connectivity index (χ0v) is 7.55. The van der Waals surface area contributed by atoms with E-state index in [2.05, 4.69) is 13.5 Å². The van der Waals surface area contributed by atoms with Crippen molar-refractivity contribution in [1.29, 1.82) is 0 Å². The molecule has 0 aromatic rings. The zero-order valence-electron chi connectivity index (χ0n) is 7.55. The second-order valence-corrected chi connectivity index (χ2v) is 2.40. The number of hydrogen-bond donors (Lipinski definition) is 0. The Balaban J connectivity index is 4.08. The minimum Gasteiger partial charge on any atom is -0.497 e. The van der Waals surface area contributed by atoms with Crippen molar-refractivity contribution in [1.82, 2.24) is 0 Å². The summed E-state index contributed by atoms with van der Waals surface area (Å²) in [6, 6.07) is 0. The maximum atomic E-state index is 5.07. The molecule has 0 rings (SSSR count). The summed E-state index contributed by atoms with van der Waals surface area (Å²) >= 11 is 0. The lowest BCUT2D eigenvalue weighted by atomic mass is 10.3. The fraction of sp³-hybridized carbons (Fsp3) is 0.400. The zero-order chi connectivity index (χ0) is 8.69. The van der Waals surface area contributed by atoms with E-state index in [0.29, 0.717) is 0 Å².